The molecule has 1 atom stereocenters. The van der Waals surface area contributed by atoms with Gasteiger partial charge >= 0.3 is 0 Å². The summed E-state index contributed by atoms with van der Waals surface area (Å²) in [4.78, 5) is 2.32. The molecule has 1 fully saturated rings. The third kappa shape index (κ3) is 2.06. The number of rotatable bonds is 3. The fourth-order valence-electron chi connectivity index (χ4n) is 3.14. The zero-order valence-corrected chi connectivity index (χ0v) is 12.9. The first kappa shape index (κ1) is 13.3. The standard InChI is InChI=1S/C16H19N5O/c1-3-12-6-7-14(22-12)13-5-4-10-20(13)16-9-8-15-18-17-11(2)21(15)19-16/h6-9,13H,3-5,10H2,1-2H3/t13-/m0/s1. The number of hydrogen-bond acceptors (Lipinski definition) is 5. The lowest BCUT2D eigenvalue weighted by Gasteiger charge is -2.24. The third-order valence-electron chi connectivity index (χ3n) is 4.31. The molecule has 0 saturated carbocycles. The molecule has 3 aromatic heterocycles. The molecule has 1 saturated heterocycles. The van der Waals surface area contributed by atoms with Crippen molar-refractivity contribution in [3.63, 3.8) is 0 Å². The Morgan fingerprint density at radius 2 is 2.14 bits per heavy atom. The van der Waals surface area contributed by atoms with Gasteiger partial charge in [0, 0.05) is 13.0 Å². The Labute approximate surface area is 128 Å². The molecule has 4 rings (SSSR count). The monoisotopic (exact) mass is 297 g/mol. The first-order valence-electron chi connectivity index (χ1n) is 7.80. The second-order valence-electron chi connectivity index (χ2n) is 5.72. The average Bonchev–Trinajstić information content (AvgIpc) is 3.25. The minimum Gasteiger partial charge on any atom is -0.464 e. The van der Waals surface area contributed by atoms with Crippen LogP contribution >= 0.6 is 0 Å². The number of fused-ring (bicyclic) bond motifs is 1. The quantitative estimate of drug-likeness (QED) is 0.744. The van der Waals surface area contributed by atoms with Crippen molar-refractivity contribution in [2.24, 2.45) is 0 Å². The molecule has 1 aliphatic heterocycles. The molecule has 6 nitrogen and oxygen atoms in total. The van der Waals surface area contributed by atoms with E-state index in [0.717, 1.165) is 54.6 Å². The van der Waals surface area contributed by atoms with Crippen molar-refractivity contribution >= 4 is 11.5 Å². The van der Waals surface area contributed by atoms with Gasteiger partial charge < -0.3 is 9.32 Å². The van der Waals surface area contributed by atoms with Crippen molar-refractivity contribution in [2.75, 3.05) is 11.4 Å². The Hall–Kier alpha value is -2.37. The second kappa shape index (κ2) is 5.12. The molecule has 0 unspecified atom stereocenters. The topological polar surface area (TPSA) is 59.5 Å². The van der Waals surface area contributed by atoms with Crippen LogP contribution in [0.15, 0.2) is 28.7 Å². The highest BCUT2D eigenvalue weighted by Crippen LogP contribution is 2.36. The lowest BCUT2D eigenvalue weighted by molar-refractivity contribution is 0.434. The molecule has 3 aromatic rings. The van der Waals surface area contributed by atoms with E-state index >= 15 is 0 Å². The fraction of sp³-hybridized carbons (Fsp3) is 0.438. The van der Waals surface area contributed by atoms with Gasteiger partial charge in [-0.1, -0.05) is 6.92 Å². The van der Waals surface area contributed by atoms with Crippen molar-refractivity contribution < 1.29 is 4.42 Å². The molecule has 0 bridgehead atoms. The molecule has 0 N–H and O–H groups in total. The Balaban J connectivity index is 1.70. The maximum absolute atomic E-state index is 5.96. The molecule has 1 aliphatic rings. The van der Waals surface area contributed by atoms with Gasteiger partial charge in [0.1, 0.15) is 17.3 Å². The van der Waals surface area contributed by atoms with Crippen LogP contribution in [0.1, 0.15) is 43.2 Å². The van der Waals surface area contributed by atoms with E-state index in [2.05, 4.69) is 34.2 Å². The number of aromatic nitrogens is 4. The van der Waals surface area contributed by atoms with Crippen molar-refractivity contribution in [3.8, 4) is 0 Å². The van der Waals surface area contributed by atoms with Crippen molar-refractivity contribution in [3.05, 3.63) is 41.6 Å². The van der Waals surface area contributed by atoms with Gasteiger partial charge in [-0.3, -0.25) is 0 Å². The van der Waals surface area contributed by atoms with Gasteiger partial charge in [-0.25, -0.2) is 0 Å². The summed E-state index contributed by atoms with van der Waals surface area (Å²) >= 11 is 0. The molecular weight excluding hydrogens is 278 g/mol. The van der Waals surface area contributed by atoms with E-state index in [9.17, 15) is 0 Å². The molecule has 0 aromatic carbocycles. The molecule has 4 heterocycles. The van der Waals surface area contributed by atoms with Crippen LogP contribution in [0.4, 0.5) is 5.82 Å². The zero-order valence-electron chi connectivity index (χ0n) is 12.9. The smallest absolute Gasteiger partial charge is 0.178 e. The van der Waals surface area contributed by atoms with E-state index in [4.69, 9.17) is 9.52 Å². The van der Waals surface area contributed by atoms with Crippen molar-refractivity contribution in [2.45, 2.75) is 39.2 Å². The molecule has 0 radical (unpaired) electrons. The molecule has 0 spiro atoms. The number of hydrogen-bond donors (Lipinski definition) is 0. The lowest BCUT2D eigenvalue weighted by atomic mass is 10.1. The fourth-order valence-corrected chi connectivity index (χ4v) is 3.14. The van der Waals surface area contributed by atoms with E-state index < -0.39 is 0 Å². The average molecular weight is 297 g/mol. The van der Waals surface area contributed by atoms with Crippen LogP contribution in [-0.2, 0) is 6.42 Å². The van der Waals surface area contributed by atoms with Crippen LogP contribution in [0.5, 0.6) is 0 Å². The van der Waals surface area contributed by atoms with Gasteiger partial charge in [-0.2, -0.15) is 4.52 Å². The second-order valence-corrected chi connectivity index (χ2v) is 5.72. The SMILES string of the molecule is CCc1ccc([C@@H]2CCCN2c2ccc3nnc(C)n3n2)o1. The molecule has 0 amide bonds. The zero-order chi connectivity index (χ0) is 15.1. The van der Waals surface area contributed by atoms with Crippen molar-refractivity contribution in [1.29, 1.82) is 0 Å². The van der Waals surface area contributed by atoms with E-state index in [1.165, 1.54) is 0 Å². The van der Waals surface area contributed by atoms with Crippen LogP contribution in [0.3, 0.4) is 0 Å². The number of furan rings is 1. The Bertz CT molecular complexity index is 806. The predicted octanol–water partition coefficient (Wildman–Crippen LogP) is 2.93. The van der Waals surface area contributed by atoms with E-state index in [1.807, 2.05) is 19.1 Å². The maximum Gasteiger partial charge on any atom is 0.178 e. The highest BCUT2D eigenvalue weighted by Gasteiger charge is 2.30. The Morgan fingerprint density at radius 1 is 1.23 bits per heavy atom. The van der Waals surface area contributed by atoms with Crippen molar-refractivity contribution in [1.82, 2.24) is 19.8 Å². The van der Waals surface area contributed by atoms with Gasteiger partial charge in [0.2, 0.25) is 0 Å². The molecule has 114 valence electrons. The first-order chi connectivity index (χ1) is 10.8. The van der Waals surface area contributed by atoms with E-state index in [0.29, 0.717) is 0 Å². The van der Waals surface area contributed by atoms with Crippen LogP contribution in [0.25, 0.3) is 5.65 Å². The number of nitrogens with zero attached hydrogens (tertiary/aromatic N) is 5. The summed E-state index contributed by atoms with van der Waals surface area (Å²) in [6.07, 6.45) is 3.17. The van der Waals surface area contributed by atoms with Gasteiger partial charge in [0.15, 0.2) is 11.5 Å². The summed E-state index contributed by atoms with van der Waals surface area (Å²) < 4.78 is 7.76. The summed E-state index contributed by atoms with van der Waals surface area (Å²) in [5, 5.41) is 12.9. The summed E-state index contributed by atoms with van der Waals surface area (Å²) in [6, 6.07) is 8.43. The van der Waals surface area contributed by atoms with E-state index in [-0.39, 0.29) is 6.04 Å². The Morgan fingerprint density at radius 3 is 2.95 bits per heavy atom. The Kier molecular flexibility index (Phi) is 3.10. The van der Waals surface area contributed by atoms with Crippen LogP contribution in [0, 0.1) is 6.92 Å². The van der Waals surface area contributed by atoms with Gasteiger partial charge in [0.25, 0.3) is 0 Å². The van der Waals surface area contributed by atoms with Crippen LogP contribution in [-0.4, -0.2) is 26.4 Å². The first-order valence-corrected chi connectivity index (χ1v) is 7.80. The normalized spacial score (nSPS) is 18.5. The number of aryl methyl sites for hydroxylation is 2. The summed E-state index contributed by atoms with van der Waals surface area (Å²) in [5.41, 5.74) is 0.781. The van der Waals surface area contributed by atoms with Crippen LogP contribution < -0.4 is 4.90 Å². The molecular formula is C16H19N5O. The molecule has 0 aliphatic carbocycles. The van der Waals surface area contributed by atoms with E-state index in [1.54, 1.807) is 4.52 Å². The largest absolute Gasteiger partial charge is 0.464 e. The summed E-state index contributed by atoms with van der Waals surface area (Å²) in [5.74, 6) is 3.84. The summed E-state index contributed by atoms with van der Waals surface area (Å²) in [6.45, 7) is 5.02. The summed E-state index contributed by atoms with van der Waals surface area (Å²) in [7, 11) is 0. The highest BCUT2D eigenvalue weighted by atomic mass is 16.3. The molecule has 6 heteroatoms. The third-order valence-corrected chi connectivity index (χ3v) is 4.31. The lowest BCUT2D eigenvalue weighted by Crippen LogP contribution is -2.24. The van der Waals surface area contributed by atoms with Gasteiger partial charge in [-0.05, 0) is 44.0 Å². The van der Waals surface area contributed by atoms with Gasteiger partial charge in [-0.15, -0.1) is 15.3 Å². The minimum absolute atomic E-state index is 0.266. The molecule has 22 heavy (non-hydrogen) atoms. The number of anilines is 1. The predicted molar refractivity (Wildman–Crippen MR) is 82.9 cm³/mol. The highest BCUT2D eigenvalue weighted by molar-refractivity contribution is 5.47. The maximum atomic E-state index is 5.96. The van der Waals surface area contributed by atoms with Gasteiger partial charge in [0.05, 0.1) is 6.04 Å². The minimum atomic E-state index is 0.266. The van der Waals surface area contributed by atoms with Crippen LogP contribution in [0.2, 0.25) is 0 Å².